The molecule has 6 atom stereocenters. The number of ether oxygens (including phenoxy) is 1. The van der Waals surface area contributed by atoms with E-state index < -0.39 is 42.9 Å². The summed E-state index contributed by atoms with van der Waals surface area (Å²) in [6, 6.07) is 9.76. The Labute approximate surface area is 165 Å². The Hall–Kier alpha value is -1.75. The Morgan fingerprint density at radius 3 is 2.29 bits per heavy atom. The van der Waals surface area contributed by atoms with Gasteiger partial charge in [0, 0.05) is 16.1 Å². The topological polar surface area (TPSA) is 151 Å². The van der Waals surface area contributed by atoms with Crippen LogP contribution in [0.25, 0.3) is 0 Å². The van der Waals surface area contributed by atoms with E-state index in [4.69, 9.17) is 16.3 Å². The number of aliphatic hydroxyl groups excluding tert-OH is 5. The number of aliphatic hydroxyl groups is 6. The maximum absolute atomic E-state index is 10.9. The molecule has 1 heterocycles. The molecular weight excluding hydrogens is 392 g/mol. The van der Waals surface area contributed by atoms with E-state index in [1.807, 2.05) is 0 Å². The number of halogens is 1. The van der Waals surface area contributed by atoms with Crippen molar-refractivity contribution < 1.29 is 40.5 Å². The molecule has 0 aliphatic carbocycles. The number of benzene rings is 2. The highest BCUT2D eigenvalue weighted by molar-refractivity contribution is 6.31. The van der Waals surface area contributed by atoms with Gasteiger partial charge in [0.1, 0.15) is 36.3 Å². The summed E-state index contributed by atoms with van der Waals surface area (Å²) in [5, 5.41) is 70.6. The van der Waals surface area contributed by atoms with Gasteiger partial charge in [0.25, 0.3) is 0 Å². The number of phenols is 1. The zero-order valence-electron chi connectivity index (χ0n) is 14.6. The Balaban J connectivity index is 2.01. The second-order valence-corrected chi connectivity index (χ2v) is 7.10. The maximum Gasteiger partial charge on any atom is 0.222 e. The van der Waals surface area contributed by atoms with E-state index in [0.717, 1.165) is 0 Å². The smallest absolute Gasteiger partial charge is 0.222 e. The molecule has 3 rings (SSSR count). The molecule has 0 bridgehead atoms. The average molecular weight is 413 g/mol. The molecule has 9 heteroatoms. The molecule has 1 fully saturated rings. The number of aromatic hydroxyl groups is 1. The summed E-state index contributed by atoms with van der Waals surface area (Å²) in [6.45, 7) is -0.705. The Bertz CT molecular complexity index is 827. The van der Waals surface area contributed by atoms with E-state index in [9.17, 15) is 35.7 Å². The molecule has 0 saturated carbocycles. The van der Waals surface area contributed by atoms with Crippen LogP contribution in [0, 0.1) is 0 Å². The molecule has 28 heavy (non-hydrogen) atoms. The summed E-state index contributed by atoms with van der Waals surface area (Å²) in [7, 11) is 0. The van der Waals surface area contributed by atoms with Crippen LogP contribution in [0.3, 0.4) is 0 Å². The molecule has 2 aromatic rings. The first-order chi connectivity index (χ1) is 13.2. The normalized spacial score (nSPS) is 31.5. The predicted molar refractivity (Wildman–Crippen MR) is 97.5 cm³/mol. The molecule has 0 amide bonds. The summed E-state index contributed by atoms with van der Waals surface area (Å²) in [6.07, 6.45) is -7.87. The Kier molecular flexibility index (Phi) is 5.95. The van der Waals surface area contributed by atoms with Crippen molar-refractivity contribution in [3.63, 3.8) is 0 Å². The Morgan fingerprint density at radius 2 is 1.68 bits per heavy atom. The fourth-order valence-corrected chi connectivity index (χ4v) is 3.43. The van der Waals surface area contributed by atoms with Crippen molar-refractivity contribution in [1.29, 1.82) is 0 Å². The fraction of sp³-hybridized carbons (Fsp3) is 0.368. The monoisotopic (exact) mass is 412 g/mol. The second kappa shape index (κ2) is 7.94. The first kappa shape index (κ1) is 21.0. The number of rotatable bonds is 4. The van der Waals surface area contributed by atoms with Gasteiger partial charge in [0.05, 0.1) is 6.61 Å². The van der Waals surface area contributed by atoms with E-state index >= 15 is 0 Å². The van der Waals surface area contributed by atoms with Gasteiger partial charge in [0.15, 0.2) is 0 Å². The van der Waals surface area contributed by atoms with Crippen molar-refractivity contribution in [1.82, 2.24) is 0 Å². The van der Waals surface area contributed by atoms with Crippen molar-refractivity contribution in [3.8, 4) is 5.75 Å². The summed E-state index contributed by atoms with van der Waals surface area (Å²) >= 11 is 6.18. The third-order valence-corrected chi connectivity index (χ3v) is 5.22. The molecule has 0 spiro atoms. The molecule has 1 saturated heterocycles. The van der Waals surface area contributed by atoms with Crippen LogP contribution in [0.1, 0.15) is 22.8 Å². The zero-order chi connectivity index (χ0) is 20.6. The van der Waals surface area contributed by atoms with E-state index in [0.29, 0.717) is 5.56 Å². The lowest BCUT2D eigenvalue weighted by atomic mass is 9.87. The van der Waals surface area contributed by atoms with Crippen LogP contribution < -0.4 is 0 Å². The lowest BCUT2D eigenvalue weighted by Gasteiger charge is -2.45. The van der Waals surface area contributed by atoms with Crippen molar-refractivity contribution >= 4 is 11.6 Å². The van der Waals surface area contributed by atoms with Gasteiger partial charge in [-0.05, 0) is 29.8 Å². The fourth-order valence-electron chi connectivity index (χ4n) is 3.20. The molecule has 8 nitrogen and oxygen atoms in total. The van der Waals surface area contributed by atoms with Crippen molar-refractivity contribution in [2.45, 2.75) is 36.3 Å². The van der Waals surface area contributed by atoms with Gasteiger partial charge in [-0.2, -0.15) is 0 Å². The number of hydrogen-bond acceptors (Lipinski definition) is 8. The van der Waals surface area contributed by atoms with Crippen LogP contribution in [-0.2, 0) is 10.5 Å². The van der Waals surface area contributed by atoms with E-state index in [-0.39, 0.29) is 21.9 Å². The molecule has 7 N–H and O–H groups in total. The van der Waals surface area contributed by atoms with Crippen LogP contribution >= 0.6 is 11.6 Å². The summed E-state index contributed by atoms with van der Waals surface area (Å²) in [4.78, 5) is 0. The van der Waals surface area contributed by atoms with Crippen LogP contribution in [0.5, 0.6) is 5.75 Å². The van der Waals surface area contributed by atoms with Gasteiger partial charge < -0.3 is 40.5 Å². The molecular formula is C19H21ClO8. The third kappa shape index (κ3) is 3.61. The highest BCUT2D eigenvalue weighted by Crippen LogP contribution is 2.39. The predicted octanol–water partition coefficient (Wildman–Crippen LogP) is -0.254. The van der Waals surface area contributed by atoms with Gasteiger partial charge in [-0.25, -0.2) is 0 Å². The SMILES string of the molecule is OC[C@H]1O[C@@](O)(c2ccc(Cl)c(C(O)c3ccc(O)cc3)c2)C(O)[C@@H](O)[C@@H]1O. The van der Waals surface area contributed by atoms with Crippen LogP contribution in [0.15, 0.2) is 42.5 Å². The number of hydrogen-bond donors (Lipinski definition) is 7. The molecule has 0 radical (unpaired) electrons. The minimum Gasteiger partial charge on any atom is -0.508 e. The third-order valence-electron chi connectivity index (χ3n) is 4.88. The summed E-state index contributed by atoms with van der Waals surface area (Å²) in [5.41, 5.74) is 0.550. The molecule has 2 aromatic carbocycles. The van der Waals surface area contributed by atoms with Gasteiger partial charge in [-0.1, -0.05) is 29.8 Å². The zero-order valence-corrected chi connectivity index (χ0v) is 15.3. The van der Waals surface area contributed by atoms with E-state index in [1.165, 1.54) is 42.5 Å². The summed E-state index contributed by atoms with van der Waals surface area (Å²) in [5.74, 6) is -2.44. The van der Waals surface area contributed by atoms with Crippen molar-refractivity contribution in [2.24, 2.45) is 0 Å². The van der Waals surface area contributed by atoms with Gasteiger partial charge >= 0.3 is 0 Å². The molecule has 1 aliphatic rings. The van der Waals surface area contributed by atoms with Gasteiger partial charge in [-0.15, -0.1) is 0 Å². The highest BCUT2D eigenvalue weighted by Gasteiger charge is 2.53. The molecule has 2 unspecified atom stereocenters. The van der Waals surface area contributed by atoms with Crippen LogP contribution in [-0.4, -0.2) is 66.8 Å². The van der Waals surface area contributed by atoms with Gasteiger partial charge in [0.2, 0.25) is 5.79 Å². The average Bonchev–Trinajstić information content (AvgIpc) is 2.69. The highest BCUT2D eigenvalue weighted by atomic mass is 35.5. The maximum atomic E-state index is 10.9. The van der Waals surface area contributed by atoms with Crippen LogP contribution in [0.2, 0.25) is 5.02 Å². The standard InChI is InChI=1S/C19H21ClO8/c20-13-6-3-10(7-12(13)15(23)9-1-4-11(22)5-2-9)19(27)18(26)17(25)16(24)14(8-21)28-19/h1-7,14-18,21-27H,8H2/t14-,15?,16-,17+,18?,19+/m1/s1. The summed E-state index contributed by atoms with van der Waals surface area (Å²) < 4.78 is 5.29. The molecule has 152 valence electrons. The van der Waals surface area contributed by atoms with Gasteiger partial charge in [-0.3, -0.25) is 0 Å². The quantitative estimate of drug-likeness (QED) is 0.363. The lowest BCUT2D eigenvalue weighted by molar-refractivity contribution is -0.357. The second-order valence-electron chi connectivity index (χ2n) is 6.69. The molecule has 1 aliphatic heterocycles. The van der Waals surface area contributed by atoms with E-state index in [1.54, 1.807) is 0 Å². The van der Waals surface area contributed by atoms with Crippen molar-refractivity contribution in [2.75, 3.05) is 6.61 Å². The first-order valence-electron chi connectivity index (χ1n) is 8.51. The van der Waals surface area contributed by atoms with Crippen molar-refractivity contribution in [3.05, 3.63) is 64.2 Å². The largest absolute Gasteiger partial charge is 0.508 e. The van der Waals surface area contributed by atoms with Crippen LogP contribution in [0.4, 0.5) is 0 Å². The Morgan fingerprint density at radius 1 is 1.04 bits per heavy atom. The van der Waals surface area contributed by atoms with E-state index in [2.05, 4.69) is 0 Å². The minimum absolute atomic E-state index is 0.0198. The number of phenolic OH excluding ortho intramolecular Hbond substituents is 1. The minimum atomic E-state index is -2.46. The first-order valence-corrected chi connectivity index (χ1v) is 8.89. The molecule has 0 aromatic heterocycles. The lowest BCUT2D eigenvalue weighted by Crippen LogP contribution is -2.63.